The highest BCUT2D eigenvalue weighted by Crippen LogP contribution is 2.36. The molecule has 0 bridgehead atoms. The number of carboxylic acid groups (broad SMARTS) is 1. The van der Waals surface area contributed by atoms with Crippen molar-refractivity contribution in [3.8, 4) is 5.75 Å². The molecule has 1 aliphatic heterocycles. The van der Waals surface area contributed by atoms with Crippen LogP contribution in [-0.2, 0) is 9.84 Å². The SMILES string of the molecule is Cc1ccc(S(=O)(=O)[C@@H]2CNC[C@@H]2[C@@H](NC(=O)O)c2ccc(Cl)cc2)c(O)c1. The minimum Gasteiger partial charge on any atom is -0.507 e. The topological polar surface area (TPSA) is 116 Å². The number of carbonyl (C=O) groups is 1. The maximum Gasteiger partial charge on any atom is 0.405 e. The van der Waals surface area contributed by atoms with Crippen LogP contribution >= 0.6 is 11.6 Å². The van der Waals surface area contributed by atoms with Crippen LogP contribution in [0, 0.1) is 12.8 Å². The van der Waals surface area contributed by atoms with Crippen LogP contribution in [0.3, 0.4) is 0 Å². The van der Waals surface area contributed by atoms with Gasteiger partial charge in [-0.1, -0.05) is 29.8 Å². The monoisotopic (exact) mass is 424 g/mol. The predicted octanol–water partition coefficient (Wildman–Crippen LogP) is 2.72. The first-order chi connectivity index (χ1) is 13.2. The van der Waals surface area contributed by atoms with Crippen LogP contribution < -0.4 is 10.6 Å². The van der Waals surface area contributed by atoms with Crippen molar-refractivity contribution in [2.75, 3.05) is 13.1 Å². The Morgan fingerprint density at radius 3 is 2.50 bits per heavy atom. The van der Waals surface area contributed by atoms with Gasteiger partial charge in [0.1, 0.15) is 10.6 Å². The summed E-state index contributed by atoms with van der Waals surface area (Å²) in [5.74, 6) is -0.872. The number of benzene rings is 2. The Hall–Kier alpha value is -2.29. The molecule has 4 N–H and O–H groups in total. The maximum atomic E-state index is 13.3. The molecule has 0 saturated carbocycles. The van der Waals surface area contributed by atoms with E-state index in [1.54, 1.807) is 37.3 Å². The first kappa shape index (κ1) is 20.4. The maximum absolute atomic E-state index is 13.3. The summed E-state index contributed by atoms with van der Waals surface area (Å²) in [7, 11) is -3.90. The van der Waals surface area contributed by atoms with E-state index in [0.29, 0.717) is 17.1 Å². The Labute approximate surface area is 168 Å². The van der Waals surface area contributed by atoms with Gasteiger partial charge in [-0.3, -0.25) is 0 Å². The zero-order valence-electron chi connectivity index (χ0n) is 15.1. The third-order valence-electron chi connectivity index (χ3n) is 4.96. The normalized spacial score (nSPS) is 20.6. The molecular formula is C19H21ClN2O5S. The summed E-state index contributed by atoms with van der Waals surface area (Å²) in [4.78, 5) is 11.2. The van der Waals surface area contributed by atoms with Crippen LogP contribution in [0.4, 0.5) is 4.79 Å². The van der Waals surface area contributed by atoms with Crippen molar-refractivity contribution in [1.29, 1.82) is 0 Å². The summed E-state index contributed by atoms with van der Waals surface area (Å²) >= 11 is 5.92. The van der Waals surface area contributed by atoms with Gasteiger partial charge in [-0.25, -0.2) is 13.2 Å². The highest BCUT2D eigenvalue weighted by molar-refractivity contribution is 7.92. The molecule has 3 atom stereocenters. The molecule has 1 saturated heterocycles. The van der Waals surface area contributed by atoms with Crippen LogP contribution in [0.15, 0.2) is 47.4 Å². The summed E-state index contributed by atoms with van der Waals surface area (Å²) in [5.41, 5.74) is 1.36. The number of hydrogen-bond acceptors (Lipinski definition) is 5. The quantitative estimate of drug-likeness (QED) is 0.586. The van der Waals surface area contributed by atoms with Crippen molar-refractivity contribution in [3.05, 3.63) is 58.6 Å². The average Bonchev–Trinajstić information content (AvgIpc) is 3.10. The van der Waals surface area contributed by atoms with Crippen molar-refractivity contribution in [2.24, 2.45) is 5.92 Å². The molecule has 3 rings (SSSR count). The third kappa shape index (κ3) is 4.09. The van der Waals surface area contributed by atoms with Crippen LogP contribution in [0.2, 0.25) is 5.02 Å². The summed E-state index contributed by atoms with van der Waals surface area (Å²) in [6.45, 7) is 2.22. The molecule has 1 aliphatic rings. The van der Waals surface area contributed by atoms with E-state index in [4.69, 9.17) is 11.6 Å². The van der Waals surface area contributed by atoms with Crippen LogP contribution in [-0.4, -0.2) is 43.1 Å². The number of aromatic hydroxyl groups is 1. The van der Waals surface area contributed by atoms with Crippen molar-refractivity contribution in [3.63, 3.8) is 0 Å². The van der Waals surface area contributed by atoms with Gasteiger partial charge in [0.25, 0.3) is 0 Å². The van der Waals surface area contributed by atoms with Gasteiger partial charge in [-0.2, -0.15) is 0 Å². The van der Waals surface area contributed by atoms with Gasteiger partial charge >= 0.3 is 6.09 Å². The fourth-order valence-electron chi connectivity index (χ4n) is 3.62. The van der Waals surface area contributed by atoms with Gasteiger partial charge in [-0.15, -0.1) is 0 Å². The number of phenols is 1. The highest BCUT2D eigenvalue weighted by Gasteiger charge is 2.44. The second kappa shape index (κ2) is 7.98. The molecule has 0 unspecified atom stereocenters. The first-order valence-electron chi connectivity index (χ1n) is 8.69. The molecule has 9 heteroatoms. The van der Waals surface area contributed by atoms with Crippen LogP contribution in [0.25, 0.3) is 0 Å². The lowest BCUT2D eigenvalue weighted by atomic mass is 9.92. The fourth-order valence-corrected chi connectivity index (χ4v) is 5.73. The molecule has 1 fully saturated rings. The molecule has 0 aliphatic carbocycles. The molecular weight excluding hydrogens is 404 g/mol. The van der Waals surface area contributed by atoms with Crippen molar-refractivity contribution in [1.82, 2.24) is 10.6 Å². The van der Waals surface area contributed by atoms with Gasteiger partial charge in [0.15, 0.2) is 9.84 Å². The van der Waals surface area contributed by atoms with Crippen molar-refractivity contribution >= 4 is 27.5 Å². The Morgan fingerprint density at radius 2 is 1.89 bits per heavy atom. The number of amides is 1. The summed E-state index contributed by atoms with van der Waals surface area (Å²) in [5, 5.41) is 24.5. The molecule has 0 aromatic heterocycles. The number of nitrogens with one attached hydrogen (secondary N) is 2. The van der Waals surface area contributed by atoms with E-state index < -0.39 is 33.1 Å². The van der Waals surface area contributed by atoms with E-state index in [9.17, 15) is 23.4 Å². The summed E-state index contributed by atoms with van der Waals surface area (Å²) in [6.07, 6.45) is -1.25. The molecule has 0 spiro atoms. The largest absolute Gasteiger partial charge is 0.507 e. The Morgan fingerprint density at radius 1 is 1.21 bits per heavy atom. The zero-order valence-corrected chi connectivity index (χ0v) is 16.7. The van der Waals surface area contributed by atoms with E-state index in [-0.39, 0.29) is 17.2 Å². The molecule has 1 amide bonds. The smallest absolute Gasteiger partial charge is 0.405 e. The van der Waals surface area contributed by atoms with Crippen LogP contribution in [0.1, 0.15) is 17.2 Å². The minimum atomic E-state index is -3.90. The lowest BCUT2D eigenvalue weighted by Crippen LogP contribution is -2.40. The number of rotatable bonds is 5. The fraction of sp³-hybridized carbons (Fsp3) is 0.316. The second-order valence-corrected chi connectivity index (χ2v) is 9.43. The Bertz CT molecular complexity index is 978. The first-order valence-corrected chi connectivity index (χ1v) is 10.6. The van der Waals surface area contributed by atoms with Gasteiger partial charge in [-0.05, 0) is 42.3 Å². The lowest BCUT2D eigenvalue weighted by Gasteiger charge is -2.28. The second-order valence-electron chi connectivity index (χ2n) is 6.86. The molecule has 0 radical (unpaired) electrons. The van der Waals surface area contributed by atoms with E-state index in [2.05, 4.69) is 10.6 Å². The van der Waals surface area contributed by atoms with Gasteiger partial charge in [0.2, 0.25) is 0 Å². The number of phenolic OH excluding ortho intramolecular Hbond substituents is 1. The van der Waals surface area contributed by atoms with E-state index in [0.717, 1.165) is 5.56 Å². The van der Waals surface area contributed by atoms with Gasteiger partial charge in [0.05, 0.1) is 11.3 Å². The minimum absolute atomic E-state index is 0.151. The number of halogens is 1. The molecule has 1 heterocycles. The Kier molecular flexibility index (Phi) is 5.83. The molecule has 2 aromatic rings. The van der Waals surface area contributed by atoms with Crippen LogP contribution in [0.5, 0.6) is 5.75 Å². The van der Waals surface area contributed by atoms with E-state index >= 15 is 0 Å². The molecule has 150 valence electrons. The number of hydrogen-bond donors (Lipinski definition) is 4. The Balaban J connectivity index is 2.01. The molecule has 28 heavy (non-hydrogen) atoms. The van der Waals surface area contributed by atoms with Crippen molar-refractivity contribution in [2.45, 2.75) is 23.1 Å². The lowest BCUT2D eigenvalue weighted by molar-refractivity contribution is 0.185. The third-order valence-corrected chi connectivity index (χ3v) is 7.48. The van der Waals surface area contributed by atoms with E-state index in [1.165, 1.54) is 12.1 Å². The number of sulfone groups is 1. The summed E-state index contributed by atoms with van der Waals surface area (Å²) < 4.78 is 26.5. The predicted molar refractivity (Wildman–Crippen MR) is 106 cm³/mol. The molecule has 7 nitrogen and oxygen atoms in total. The van der Waals surface area contributed by atoms with Gasteiger partial charge in [0, 0.05) is 24.0 Å². The molecule has 2 aromatic carbocycles. The average molecular weight is 425 g/mol. The van der Waals surface area contributed by atoms with Crippen molar-refractivity contribution < 1.29 is 23.4 Å². The van der Waals surface area contributed by atoms with Gasteiger partial charge < -0.3 is 20.8 Å². The zero-order chi connectivity index (χ0) is 20.5. The number of aryl methyl sites for hydroxylation is 1. The van der Waals surface area contributed by atoms with E-state index in [1.807, 2.05) is 0 Å². The summed E-state index contributed by atoms with van der Waals surface area (Å²) in [6, 6.07) is 10.3. The highest BCUT2D eigenvalue weighted by atomic mass is 35.5. The standard InChI is InChI=1S/C19H21ClN2O5S/c1-11-2-7-16(15(23)8-11)28(26,27)17-10-21-9-14(17)18(22-19(24)25)12-3-5-13(20)6-4-12/h2-8,14,17-18,21-23H,9-10H2,1H3,(H,24,25)/t14-,17+,18-/m0/s1.